The molecular formula is C13H22N4O3S. The third-order valence-corrected chi connectivity index (χ3v) is 4.90. The van der Waals surface area contributed by atoms with Crippen molar-refractivity contribution in [1.29, 1.82) is 0 Å². The predicted octanol–water partition coefficient (Wildman–Crippen LogP) is -0.0272. The van der Waals surface area contributed by atoms with Crippen molar-refractivity contribution in [3.05, 3.63) is 24.3 Å². The van der Waals surface area contributed by atoms with Gasteiger partial charge in [-0.3, -0.25) is 10.7 Å². The number of nitrogens with one attached hydrogen (secondary N) is 2. The number of sulfonamides is 1. The summed E-state index contributed by atoms with van der Waals surface area (Å²) in [5.74, 6) is 5.34. The molecule has 1 heterocycles. The van der Waals surface area contributed by atoms with E-state index in [-0.39, 0.29) is 4.90 Å². The molecule has 0 bridgehead atoms. The molecule has 1 aromatic rings. The van der Waals surface area contributed by atoms with Crippen LogP contribution in [0.3, 0.4) is 0 Å². The highest BCUT2D eigenvalue weighted by Crippen LogP contribution is 2.19. The fraction of sp³-hybridized carbons (Fsp3) is 0.538. The number of ether oxygens (including phenoxy) is 1. The van der Waals surface area contributed by atoms with Gasteiger partial charge in [0.25, 0.3) is 0 Å². The van der Waals surface area contributed by atoms with Gasteiger partial charge in [-0.15, -0.1) is 0 Å². The maximum Gasteiger partial charge on any atom is 0.242 e. The van der Waals surface area contributed by atoms with Crippen molar-refractivity contribution < 1.29 is 13.2 Å². The number of hydrazine groups is 1. The number of rotatable bonds is 7. The minimum absolute atomic E-state index is 0.166. The van der Waals surface area contributed by atoms with Crippen LogP contribution in [0.1, 0.15) is 6.42 Å². The van der Waals surface area contributed by atoms with Gasteiger partial charge >= 0.3 is 0 Å². The van der Waals surface area contributed by atoms with Crippen LogP contribution < -0.4 is 16.0 Å². The van der Waals surface area contributed by atoms with Gasteiger partial charge in [0.15, 0.2) is 0 Å². The molecule has 7 nitrogen and oxygen atoms in total. The summed E-state index contributed by atoms with van der Waals surface area (Å²) in [4.78, 5) is 2.44. The summed E-state index contributed by atoms with van der Waals surface area (Å²) in [7, 11) is -3.54. The summed E-state index contributed by atoms with van der Waals surface area (Å²) in [6.07, 6.45) is 0.761. The normalized spacial score (nSPS) is 16.8. The van der Waals surface area contributed by atoms with Gasteiger partial charge in [-0.25, -0.2) is 13.1 Å². The molecule has 0 aliphatic carbocycles. The third kappa shape index (κ3) is 4.65. The number of morpholine rings is 1. The molecule has 1 fully saturated rings. The molecule has 1 aliphatic heterocycles. The first kappa shape index (κ1) is 16.2. The molecule has 0 unspecified atom stereocenters. The van der Waals surface area contributed by atoms with Gasteiger partial charge in [0.2, 0.25) is 10.0 Å². The van der Waals surface area contributed by atoms with Crippen LogP contribution in [0.4, 0.5) is 5.69 Å². The van der Waals surface area contributed by atoms with Crippen LogP contribution in [0, 0.1) is 0 Å². The van der Waals surface area contributed by atoms with Crippen molar-refractivity contribution in [3.8, 4) is 0 Å². The predicted molar refractivity (Wildman–Crippen MR) is 81.3 cm³/mol. The minimum Gasteiger partial charge on any atom is -0.379 e. The molecule has 0 atom stereocenters. The van der Waals surface area contributed by atoms with Gasteiger partial charge in [-0.2, -0.15) is 0 Å². The Morgan fingerprint density at radius 2 is 1.95 bits per heavy atom. The first-order valence-electron chi connectivity index (χ1n) is 6.99. The van der Waals surface area contributed by atoms with Gasteiger partial charge in [0, 0.05) is 19.6 Å². The standard InChI is InChI=1S/C13H22N4O3S/c14-16-12-4-1-2-5-13(12)21(18,19)15-6-3-7-17-8-10-20-11-9-17/h1-2,4-5,15-16H,3,6-11,14H2. The third-order valence-electron chi connectivity index (χ3n) is 3.38. The number of nitrogens with zero attached hydrogens (tertiary/aromatic N) is 1. The highest BCUT2D eigenvalue weighted by Gasteiger charge is 2.17. The van der Waals surface area contributed by atoms with Gasteiger partial charge < -0.3 is 10.2 Å². The summed E-state index contributed by atoms with van der Waals surface area (Å²) in [6.45, 7) is 4.59. The molecule has 118 valence electrons. The van der Waals surface area contributed by atoms with E-state index in [9.17, 15) is 8.42 Å². The van der Waals surface area contributed by atoms with Crippen molar-refractivity contribution in [2.45, 2.75) is 11.3 Å². The maximum atomic E-state index is 12.2. The van der Waals surface area contributed by atoms with Crippen LogP contribution in [-0.2, 0) is 14.8 Å². The zero-order chi connectivity index (χ0) is 15.1. The van der Waals surface area contributed by atoms with E-state index >= 15 is 0 Å². The second kappa shape index (κ2) is 7.71. The zero-order valence-corrected chi connectivity index (χ0v) is 12.7. The number of nitrogen functional groups attached to an aromatic ring is 1. The molecule has 4 N–H and O–H groups in total. The average molecular weight is 314 g/mol. The van der Waals surface area contributed by atoms with E-state index in [0.717, 1.165) is 39.3 Å². The van der Waals surface area contributed by atoms with Gasteiger partial charge in [-0.1, -0.05) is 12.1 Å². The Kier molecular flexibility index (Phi) is 5.95. The quantitative estimate of drug-likeness (QED) is 0.372. The topological polar surface area (TPSA) is 96.7 Å². The summed E-state index contributed by atoms with van der Waals surface area (Å²) in [5, 5.41) is 0. The van der Waals surface area contributed by atoms with Crippen LogP contribution in [0.5, 0.6) is 0 Å². The van der Waals surface area contributed by atoms with Crippen molar-refractivity contribution >= 4 is 15.7 Å². The number of anilines is 1. The Labute approximate surface area is 125 Å². The summed E-state index contributed by atoms with van der Waals surface area (Å²) in [5.41, 5.74) is 2.79. The smallest absolute Gasteiger partial charge is 0.242 e. The van der Waals surface area contributed by atoms with Crippen LogP contribution >= 0.6 is 0 Å². The second-order valence-electron chi connectivity index (χ2n) is 4.85. The van der Waals surface area contributed by atoms with Crippen molar-refractivity contribution in [1.82, 2.24) is 9.62 Å². The first-order valence-corrected chi connectivity index (χ1v) is 8.47. The highest BCUT2D eigenvalue weighted by atomic mass is 32.2. The van der Waals surface area contributed by atoms with E-state index in [1.165, 1.54) is 6.07 Å². The molecule has 8 heteroatoms. The lowest BCUT2D eigenvalue weighted by Crippen LogP contribution is -2.38. The van der Waals surface area contributed by atoms with E-state index in [2.05, 4.69) is 15.0 Å². The maximum absolute atomic E-state index is 12.2. The molecule has 0 radical (unpaired) electrons. The Morgan fingerprint density at radius 3 is 2.67 bits per heavy atom. The molecule has 0 spiro atoms. The number of hydrogen-bond donors (Lipinski definition) is 3. The Bertz CT molecular complexity index is 544. The molecular weight excluding hydrogens is 292 g/mol. The lowest BCUT2D eigenvalue weighted by atomic mass is 10.3. The largest absolute Gasteiger partial charge is 0.379 e. The van der Waals surface area contributed by atoms with Crippen molar-refractivity contribution in [3.63, 3.8) is 0 Å². The van der Waals surface area contributed by atoms with Crippen LogP contribution in [0.15, 0.2) is 29.2 Å². The molecule has 0 aromatic heterocycles. The van der Waals surface area contributed by atoms with Gasteiger partial charge in [0.1, 0.15) is 4.90 Å². The minimum atomic E-state index is -3.54. The molecule has 1 aromatic carbocycles. The number of para-hydroxylation sites is 1. The van der Waals surface area contributed by atoms with Crippen molar-refractivity contribution in [2.24, 2.45) is 5.84 Å². The monoisotopic (exact) mass is 314 g/mol. The Hall–Kier alpha value is -1.19. The van der Waals surface area contributed by atoms with Crippen LogP contribution in [-0.4, -0.2) is 52.7 Å². The number of benzene rings is 1. The lowest BCUT2D eigenvalue weighted by Gasteiger charge is -2.26. The van der Waals surface area contributed by atoms with E-state index < -0.39 is 10.0 Å². The Balaban J connectivity index is 1.83. The summed E-state index contributed by atoms with van der Waals surface area (Å²) < 4.78 is 32.3. The Morgan fingerprint density at radius 1 is 1.24 bits per heavy atom. The first-order chi connectivity index (χ1) is 10.1. The van der Waals surface area contributed by atoms with Gasteiger partial charge in [-0.05, 0) is 25.1 Å². The van der Waals surface area contributed by atoms with Crippen molar-refractivity contribution in [2.75, 3.05) is 44.8 Å². The molecule has 1 aliphatic rings. The van der Waals surface area contributed by atoms with Crippen LogP contribution in [0.2, 0.25) is 0 Å². The fourth-order valence-corrected chi connectivity index (χ4v) is 3.47. The summed E-state index contributed by atoms with van der Waals surface area (Å²) >= 11 is 0. The average Bonchev–Trinajstić information content (AvgIpc) is 2.52. The summed E-state index contributed by atoms with van der Waals surface area (Å²) in [6, 6.07) is 6.55. The number of nitrogens with two attached hydrogens (primary N) is 1. The second-order valence-corrected chi connectivity index (χ2v) is 6.58. The molecule has 21 heavy (non-hydrogen) atoms. The molecule has 0 amide bonds. The van der Waals surface area contributed by atoms with E-state index in [1.54, 1.807) is 18.2 Å². The van der Waals surface area contributed by atoms with E-state index in [0.29, 0.717) is 12.2 Å². The zero-order valence-electron chi connectivity index (χ0n) is 11.9. The molecule has 1 saturated heterocycles. The SMILES string of the molecule is NNc1ccccc1S(=O)(=O)NCCCN1CCOCC1. The molecule has 2 rings (SSSR count). The van der Waals surface area contributed by atoms with E-state index in [4.69, 9.17) is 10.6 Å². The van der Waals surface area contributed by atoms with Gasteiger partial charge in [0.05, 0.1) is 18.9 Å². The van der Waals surface area contributed by atoms with Crippen LogP contribution in [0.25, 0.3) is 0 Å². The van der Waals surface area contributed by atoms with E-state index in [1.807, 2.05) is 0 Å². The lowest BCUT2D eigenvalue weighted by molar-refractivity contribution is 0.0376. The highest BCUT2D eigenvalue weighted by molar-refractivity contribution is 7.89. The molecule has 0 saturated carbocycles. The fourth-order valence-electron chi connectivity index (χ4n) is 2.23. The number of hydrogen-bond acceptors (Lipinski definition) is 6.